The number of urea groups is 1. The van der Waals surface area contributed by atoms with Gasteiger partial charge in [-0.1, -0.05) is 0 Å². The largest absolute Gasteiger partial charge is 0.481 e. The Morgan fingerprint density at radius 2 is 1.80 bits per heavy atom. The zero-order chi connectivity index (χ0) is 15.1. The van der Waals surface area contributed by atoms with Crippen LogP contribution in [0.2, 0.25) is 0 Å². The minimum atomic E-state index is -1.41. The number of rotatable bonds is 6. The van der Waals surface area contributed by atoms with Crippen molar-refractivity contribution in [3.05, 3.63) is 0 Å². The smallest absolute Gasteiger partial charge is 0.326 e. The Kier molecular flexibility index (Phi) is 6.63. The first-order chi connectivity index (χ1) is 9.42. The van der Waals surface area contributed by atoms with Gasteiger partial charge in [-0.3, -0.25) is 4.79 Å². The van der Waals surface area contributed by atoms with Crippen molar-refractivity contribution in [1.82, 2.24) is 10.6 Å². The number of nitrogens with one attached hydrogen (secondary N) is 2. The van der Waals surface area contributed by atoms with E-state index in [0.717, 1.165) is 25.7 Å². The van der Waals surface area contributed by atoms with Gasteiger partial charge in [0.1, 0.15) is 6.04 Å². The van der Waals surface area contributed by atoms with Crippen molar-refractivity contribution in [2.45, 2.75) is 49.4 Å². The van der Waals surface area contributed by atoms with Crippen LogP contribution in [0.1, 0.15) is 32.1 Å². The minimum Gasteiger partial charge on any atom is -0.481 e. The molecule has 114 valence electrons. The third kappa shape index (κ3) is 5.68. The zero-order valence-corrected chi connectivity index (χ0v) is 12.1. The lowest BCUT2D eigenvalue weighted by atomic mass is 9.95. The monoisotopic (exact) mass is 304 g/mol. The molecule has 7 nitrogen and oxygen atoms in total. The fourth-order valence-electron chi connectivity index (χ4n) is 2.20. The average Bonchev–Trinajstić information content (AvgIpc) is 2.38. The Morgan fingerprint density at radius 1 is 1.20 bits per heavy atom. The zero-order valence-electron chi connectivity index (χ0n) is 11.3. The lowest BCUT2D eigenvalue weighted by molar-refractivity contribution is -0.145. The SMILES string of the molecule is CSC1CCC(NC(=O)N[C@@H](CC(=O)O)C(=O)O)CC1. The highest BCUT2D eigenvalue weighted by molar-refractivity contribution is 7.99. The summed E-state index contributed by atoms with van der Waals surface area (Å²) in [7, 11) is 0. The molecule has 0 spiro atoms. The van der Waals surface area contributed by atoms with E-state index in [4.69, 9.17) is 10.2 Å². The third-order valence-electron chi connectivity index (χ3n) is 3.32. The number of carbonyl (C=O) groups is 3. The summed E-state index contributed by atoms with van der Waals surface area (Å²) in [6.07, 6.45) is 5.18. The van der Waals surface area contributed by atoms with Crippen LogP contribution in [0.4, 0.5) is 4.79 Å². The average molecular weight is 304 g/mol. The summed E-state index contributed by atoms with van der Waals surface area (Å²) in [6.45, 7) is 0. The van der Waals surface area contributed by atoms with E-state index in [0.29, 0.717) is 5.25 Å². The second-order valence-corrected chi connectivity index (χ2v) is 5.95. The van der Waals surface area contributed by atoms with Crippen LogP contribution in [0.25, 0.3) is 0 Å². The van der Waals surface area contributed by atoms with Gasteiger partial charge in [0.25, 0.3) is 0 Å². The van der Waals surface area contributed by atoms with Crippen molar-refractivity contribution in [3.8, 4) is 0 Å². The van der Waals surface area contributed by atoms with Gasteiger partial charge in [0.15, 0.2) is 0 Å². The molecule has 1 saturated carbocycles. The van der Waals surface area contributed by atoms with E-state index >= 15 is 0 Å². The molecule has 1 fully saturated rings. The third-order valence-corrected chi connectivity index (χ3v) is 4.46. The van der Waals surface area contributed by atoms with Gasteiger partial charge in [-0.25, -0.2) is 9.59 Å². The van der Waals surface area contributed by atoms with E-state index in [1.807, 2.05) is 11.8 Å². The number of carboxylic acids is 2. The fraction of sp³-hybridized carbons (Fsp3) is 0.750. The molecule has 0 unspecified atom stereocenters. The molecule has 0 aliphatic heterocycles. The van der Waals surface area contributed by atoms with Gasteiger partial charge >= 0.3 is 18.0 Å². The molecule has 1 rings (SSSR count). The number of carbonyl (C=O) groups excluding carboxylic acids is 1. The molecule has 1 aliphatic carbocycles. The summed E-state index contributed by atoms with van der Waals surface area (Å²) in [5, 5.41) is 22.9. The lowest BCUT2D eigenvalue weighted by Gasteiger charge is -2.28. The lowest BCUT2D eigenvalue weighted by Crippen LogP contribution is -2.50. The van der Waals surface area contributed by atoms with E-state index in [2.05, 4.69) is 16.9 Å². The van der Waals surface area contributed by atoms with Crippen LogP contribution in [0.3, 0.4) is 0 Å². The van der Waals surface area contributed by atoms with Gasteiger partial charge in [-0.2, -0.15) is 11.8 Å². The number of carboxylic acid groups (broad SMARTS) is 2. The second-order valence-electron chi connectivity index (χ2n) is 4.82. The summed E-state index contributed by atoms with van der Waals surface area (Å²) in [4.78, 5) is 33.0. The summed E-state index contributed by atoms with van der Waals surface area (Å²) in [5.41, 5.74) is 0. The van der Waals surface area contributed by atoms with Crippen molar-refractivity contribution in [2.75, 3.05) is 6.26 Å². The first-order valence-corrected chi connectivity index (χ1v) is 7.75. The van der Waals surface area contributed by atoms with Gasteiger partial charge in [-0.05, 0) is 31.9 Å². The summed E-state index contributed by atoms with van der Waals surface area (Å²) in [6, 6.07) is -2.00. The normalized spacial score (nSPS) is 23.6. The van der Waals surface area contributed by atoms with Crippen LogP contribution >= 0.6 is 11.8 Å². The Labute approximate surface area is 121 Å². The molecule has 0 saturated heterocycles. The predicted molar refractivity (Wildman–Crippen MR) is 74.9 cm³/mol. The molecule has 0 heterocycles. The second kappa shape index (κ2) is 7.98. The summed E-state index contributed by atoms with van der Waals surface area (Å²) in [5.74, 6) is -2.62. The maximum absolute atomic E-state index is 11.7. The molecule has 1 aliphatic rings. The molecular weight excluding hydrogens is 284 g/mol. The van der Waals surface area contributed by atoms with E-state index in [9.17, 15) is 14.4 Å². The molecule has 0 radical (unpaired) electrons. The van der Waals surface area contributed by atoms with Crippen LogP contribution in [0.15, 0.2) is 0 Å². The maximum Gasteiger partial charge on any atom is 0.326 e. The molecule has 4 N–H and O–H groups in total. The van der Waals surface area contributed by atoms with Crippen LogP contribution in [-0.2, 0) is 9.59 Å². The first-order valence-electron chi connectivity index (χ1n) is 6.46. The van der Waals surface area contributed by atoms with Crippen molar-refractivity contribution in [1.29, 1.82) is 0 Å². The Bertz CT molecular complexity index is 369. The van der Waals surface area contributed by atoms with E-state index in [1.54, 1.807) is 0 Å². The molecule has 0 aromatic rings. The highest BCUT2D eigenvalue weighted by atomic mass is 32.2. The minimum absolute atomic E-state index is 0.0256. The van der Waals surface area contributed by atoms with Crippen LogP contribution in [0.5, 0.6) is 0 Å². The van der Waals surface area contributed by atoms with E-state index in [-0.39, 0.29) is 6.04 Å². The van der Waals surface area contributed by atoms with Gasteiger partial charge in [0, 0.05) is 11.3 Å². The summed E-state index contributed by atoms with van der Waals surface area (Å²) >= 11 is 1.82. The van der Waals surface area contributed by atoms with Gasteiger partial charge < -0.3 is 20.8 Å². The molecule has 2 amide bonds. The van der Waals surface area contributed by atoms with Crippen LogP contribution in [0, 0.1) is 0 Å². The van der Waals surface area contributed by atoms with Crippen LogP contribution in [-0.4, -0.2) is 51.8 Å². The topological polar surface area (TPSA) is 116 Å². The van der Waals surface area contributed by atoms with Crippen molar-refractivity contribution < 1.29 is 24.6 Å². The van der Waals surface area contributed by atoms with Crippen molar-refractivity contribution in [3.63, 3.8) is 0 Å². The van der Waals surface area contributed by atoms with Crippen molar-refractivity contribution in [2.24, 2.45) is 0 Å². The first kappa shape index (κ1) is 16.6. The van der Waals surface area contributed by atoms with Crippen LogP contribution < -0.4 is 10.6 Å². The van der Waals surface area contributed by atoms with Gasteiger partial charge in [0.05, 0.1) is 6.42 Å². The number of aliphatic carboxylic acids is 2. The number of thioether (sulfide) groups is 1. The Hall–Kier alpha value is -1.44. The van der Waals surface area contributed by atoms with E-state index in [1.165, 1.54) is 0 Å². The Balaban J connectivity index is 2.38. The maximum atomic E-state index is 11.7. The molecule has 8 heteroatoms. The standard InChI is InChI=1S/C12H20N2O5S/c1-20-8-4-2-7(3-5-8)13-12(19)14-9(11(17)18)6-10(15)16/h7-9H,2-6H2,1H3,(H,15,16)(H,17,18)(H2,13,14,19)/t7?,8?,9-/m0/s1. The molecule has 0 aromatic heterocycles. The quantitative estimate of drug-likeness (QED) is 0.579. The number of hydrogen-bond acceptors (Lipinski definition) is 4. The number of hydrogen-bond donors (Lipinski definition) is 4. The fourth-order valence-corrected chi connectivity index (χ4v) is 2.95. The Morgan fingerprint density at radius 3 is 2.25 bits per heavy atom. The molecular formula is C12H20N2O5S. The summed E-state index contributed by atoms with van der Waals surface area (Å²) < 4.78 is 0. The highest BCUT2D eigenvalue weighted by Gasteiger charge is 2.26. The molecule has 0 aromatic carbocycles. The highest BCUT2D eigenvalue weighted by Crippen LogP contribution is 2.26. The van der Waals surface area contributed by atoms with E-state index < -0.39 is 30.4 Å². The van der Waals surface area contributed by atoms with Gasteiger partial charge in [-0.15, -0.1) is 0 Å². The van der Waals surface area contributed by atoms with Gasteiger partial charge in [0.2, 0.25) is 0 Å². The van der Waals surface area contributed by atoms with Crippen molar-refractivity contribution >= 4 is 29.7 Å². The molecule has 1 atom stereocenters. The molecule has 20 heavy (non-hydrogen) atoms. The number of amides is 2. The predicted octanol–water partition coefficient (Wildman–Crippen LogP) is 0.888. The molecule has 0 bridgehead atoms.